The molecule has 0 atom stereocenters. The summed E-state index contributed by atoms with van der Waals surface area (Å²) in [5.74, 6) is 0. The maximum Gasteiger partial charge on any atom is 0.404 e. The van der Waals surface area contributed by atoms with Gasteiger partial charge in [0.15, 0.2) is 0 Å². The molecule has 0 heterocycles. The van der Waals surface area contributed by atoms with Crippen molar-refractivity contribution in [2.75, 3.05) is 0 Å². The van der Waals surface area contributed by atoms with Crippen molar-refractivity contribution in [2.24, 2.45) is 0 Å². The summed E-state index contributed by atoms with van der Waals surface area (Å²) >= 11 is 0. The maximum absolute atomic E-state index is 10.1. The Labute approximate surface area is 65.2 Å². The van der Waals surface area contributed by atoms with Gasteiger partial charge in [-0.15, -0.1) is 0 Å². The summed E-state index contributed by atoms with van der Waals surface area (Å²) in [4.78, 5) is 10.1. The van der Waals surface area contributed by atoms with Gasteiger partial charge >= 0.3 is 6.09 Å². The fraction of sp³-hybridized carbons (Fsp3) is 0.857. The molecule has 0 spiro atoms. The molecule has 1 fully saturated rings. The standard InChI is InChI=1S/C7H13NO3/c1-2-7(11)3-5(4-7)8-6(9)10/h5,8,11H,2-4H2,1H3,(H,9,10). The Morgan fingerprint density at radius 2 is 2.27 bits per heavy atom. The molecule has 64 valence electrons. The van der Waals surface area contributed by atoms with Crippen molar-refractivity contribution in [2.45, 2.75) is 37.8 Å². The summed E-state index contributed by atoms with van der Waals surface area (Å²) in [6.07, 6.45) is 0.796. The molecule has 4 heteroatoms. The normalized spacial score (nSPS) is 36.0. The first-order valence-electron chi connectivity index (χ1n) is 3.77. The van der Waals surface area contributed by atoms with E-state index in [4.69, 9.17) is 5.11 Å². The first-order chi connectivity index (χ1) is 5.06. The number of aliphatic hydroxyl groups is 1. The molecule has 1 aliphatic carbocycles. The van der Waals surface area contributed by atoms with E-state index >= 15 is 0 Å². The number of hydrogen-bond acceptors (Lipinski definition) is 2. The van der Waals surface area contributed by atoms with Crippen LogP contribution in [0.5, 0.6) is 0 Å². The van der Waals surface area contributed by atoms with Crippen LogP contribution in [-0.2, 0) is 0 Å². The van der Waals surface area contributed by atoms with Gasteiger partial charge < -0.3 is 15.5 Å². The summed E-state index contributed by atoms with van der Waals surface area (Å²) in [7, 11) is 0. The second-order valence-corrected chi connectivity index (χ2v) is 3.13. The van der Waals surface area contributed by atoms with Crippen molar-refractivity contribution in [1.82, 2.24) is 5.32 Å². The minimum atomic E-state index is -1.01. The highest BCUT2D eigenvalue weighted by atomic mass is 16.4. The molecule has 0 bridgehead atoms. The summed E-state index contributed by atoms with van der Waals surface area (Å²) in [6, 6.07) is -0.0440. The SMILES string of the molecule is CCC1(O)CC(NC(=O)O)C1. The lowest BCUT2D eigenvalue weighted by atomic mass is 9.74. The second-order valence-electron chi connectivity index (χ2n) is 3.13. The van der Waals surface area contributed by atoms with E-state index in [0.717, 1.165) is 0 Å². The summed E-state index contributed by atoms with van der Waals surface area (Å²) in [5.41, 5.74) is -0.604. The molecule has 0 aliphatic heterocycles. The van der Waals surface area contributed by atoms with Gasteiger partial charge in [0.1, 0.15) is 0 Å². The van der Waals surface area contributed by atoms with E-state index in [9.17, 15) is 9.90 Å². The van der Waals surface area contributed by atoms with Crippen molar-refractivity contribution >= 4 is 6.09 Å². The van der Waals surface area contributed by atoms with E-state index in [0.29, 0.717) is 19.3 Å². The number of amides is 1. The van der Waals surface area contributed by atoms with Crippen LogP contribution in [0.1, 0.15) is 26.2 Å². The highest BCUT2D eigenvalue weighted by molar-refractivity contribution is 5.65. The number of hydrogen-bond donors (Lipinski definition) is 3. The van der Waals surface area contributed by atoms with E-state index in [1.807, 2.05) is 6.92 Å². The van der Waals surface area contributed by atoms with Gasteiger partial charge in [0.2, 0.25) is 0 Å². The molecular formula is C7H13NO3. The molecule has 0 aromatic rings. The molecule has 0 radical (unpaired) electrons. The van der Waals surface area contributed by atoms with Crippen LogP contribution in [0.15, 0.2) is 0 Å². The average molecular weight is 159 g/mol. The lowest BCUT2D eigenvalue weighted by Gasteiger charge is -2.42. The van der Waals surface area contributed by atoms with E-state index < -0.39 is 11.7 Å². The van der Waals surface area contributed by atoms with Gasteiger partial charge in [0.05, 0.1) is 5.60 Å². The second kappa shape index (κ2) is 2.70. The molecule has 11 heavy (non-hydrogen) atoms. The van der Waals surface area contributed by atoms with Crippen LogP contribution in [0.4, 0.5) is 4.79 Å². The van der Waals surface area contributed by atoms with Crippen molar-refractivity contribution in [3.63, 3.8) is 0 Å². The van der Waals surface area contributed by atoms with Gasteiger partial charge in [-0.1, -0.05) is 6.92 Å². The Bertz CT molecular complexity index is 163. The molecule has 1 rings (SSSR count). The van der Waals surface area contributed by atoms with Crippen molar-refractivity contribution < 1.29 is 15.0 Å². The zero-order valence-electron chi connectivity index (χ0n) is 6.50. The van der Waals surface area contributed by atoms with Gasteiger partial charge in [0.25, 0.3) is 0 Å². The zero-order valence-corrected chi connectivity index (χ0v) is 6.50. The molecule has 0 unspecified atom stereocenters. The van der Waals surface area contributed by atoms with E-state index in [2.05, 4.69) is 5.32 Å². The molecule has 1 aliphatic rings. The van der Waals surface area contributed by atoms with Gasteiger partial charge in [-0.2, -0.15) is 0 Å². The van der Waals surface area contributed by atoms with Gasteiger partial charge in [-0.05, 0) is 19.3 Å². The van der Waals surface area contributed by atoms with Crippen molar-refractivity contribution in [3.05, 3.63) is 0 Å². The Morgan fingerprint density at radius 1 is 1.73 bits per heavy atom. The number of carbonyl (C=O) groups is 1. The number of rotatable bonds is 2. The van der Waals surface area contributed by atoms with Crippen LogP contribution in [0.25, 0.3) is 0 Å². The summed E-state index contributed by atoms with van der Waals surface area (Å²) < 4.78 is 0. The van der Waals surface area contributed by atoms with Crippen LogP contribution in [0.2, 0.25) is 0 Å². The average Bonchev–Trinajstić information content (AvgIpc) is 1.83. The van der Waals surface area contributed by atoms with Crippen molar-refractivity contribution in [3.8, 4) is 0 Å². The number of carboxylic acid groups (broad SMARTS) is 1. The first-order valence-corrected chi connectivity index (χ1v) is 3.77. The smallest absolute Gasteiger partial charge is 0.404 e. The topological polar surface area (TPSA) is 69.6 Å². The molecule has 0 aromatic heterocycles. The minimum Gasteiger partial charge on any atom is -0.465 e. The quantitative estimate of drug-likeness (QED) is 0.551. The van der Waals surface area contributed by atoms with E-state index in [1.54, 1.807) is 0 Å². The van der Waals surface area contributed by atoms with Crippen LogP contribution in [0.3, 0.4) is 0 Å². The lowest BCUT2D eigenvalue weighted by Crippen LogP contribution is -2.54. The molecule has 1 saturated carbocycles. The highest BCUT2D eigenvalue weighted by Crippen LogP contribution is 2.34. The van der Waals surface area contributed by atoms with Crippen molar-refractivity contribution in [1.29, 1.82) is 0 Å². The van der Waals surface area contributed by atoms with Crippen LogP contribution >= 0.6 is 0 Å². The van der Waals surface area contributed by atoms with Gasteiger partial charge in [-0.3, -0.25) is 0 Å². The first kappa shape index (κ1) is 8.33. The van der Waals surface area contributed by atoms with Crippen LogP contribution in [-0.4, -0.2) is 27.9 Å². The van der Waals surface area contributed by atoms with E-state index in [1.165, 1.54) is 0 Å². The Kier molecular flexibility index (Phi) is 2.04. The predicted molar refractivity (Wildman–Crippen MR) is 39.4 cm³/mol. The largest absolute Gasteiger partial charge is 0.465 e. The maximum atomic E-state index is 10.1. The Morgan fingerprint density at radius 3 is 2.64 bits per heavy atom. The monoisotopic (exact) mass is 159 g/mol. The fourth-order valence-corrected chi connectivity index (χ4v) is 1.42. The Balaban J connectivity index is 2.23. The molecule has 1 amide bonds. The minimum absolute atomic E-state index is 0.0440. The lowest BCUT2D eigenvalue weighted by molar-refractivity contribution is -0.0564. The summed E-state index contributed by atoms with van der Waals surface area (Å²) in [5, 5.41) is 20.1. The Hall–Kier alpha value is -0.770. The van der Waals surface area contributed by atoms with Crippen LogP contribution in [0, 0.1) is 0 Å². The highest BCUT2D eigenvalue weighted by Gasteiger charge is 2.41. The van der Waals surface area contributed by atoms with E-state index in [-0.39, 0.29) is 6.04 Å². The van der Waals surface area contributed by atoms with Crippen LogP contribution < -0.4 is 5.32 Å². The molecule has 0 saturated heterocycles. The predicted octanol–water partition coefficient (Wildman–Crippen LogP) is 0.557. The summed E-state index contributed by atoms with van der Waals surface area (Å²) in [6.45, 7) is 1.90. The fourth-order valence-electron chi connectivity index (χ4n) is 1.42. The third-order valence-electron chi connectivity index (χ3n) is 2.24. The molecular weight excluding hydrogens is 146 g/mol. The third-order valence-corrected chi connectivity index (χ3v) is 2.24. The molecule has 4 nitrogen and oxygen atoms in total. The number of nitrogens with one attached hydrogen (secondary N) is 1. The third kappa shape index (κ3) is 1.83. The van der Waals surface area contributed by atoms with Gasteiger partial charge in [-0.25, -0.2) is 4.79 Å². The zero-order chi connectivity index (χ0) is 8.48. The molecule has 0 aromatic carbocycles. The molecule has 3 N–H and O–H groups in total. The van der Waals surface area contributed by atoms with Gasteiger partial charge in [0, 0.05) is 6.04 Å².